The van der Waals surface area contributed by atoms with E-state index in [2.05, 4.69) is 0 Å². The molecular formula is C11H13BF6. The number of rotatable bonds is 1. The van der Waals surface area contributed by atoms with Crippen molar-refractivity contribution in [2.45, 2.75) is 38.4 Å². The summed E-state index contributed by atoms with van der Waals surface area (Å²) in [5.41, 5.74) is -3.46. The molecule has 1 aliphatic carbocycles. The summed E-state index contributed by atoms with van der Waals surface area (Å²) in [5, 5.41) is 0. The van der Waals surface area contributed by atoms with Gasteiger partial charge in [0.1, 0.15) is 7.85 Å². The van der Waals surface area contributed by atoms with Gasteiger partial charge in [-0.3, -0.25) is 0 Å². The molecule has 0 bridgehead atoms. The van der Waals surface area contributed by atoms with E-state index in [-0.39, 0.29) is 11.9 Å². The van der Waals surface area contributed by atoms with Gasteiger partial charge in [-0.2, -0.15) is 26.3 Å². The van der Waals surface area contributed by atoms with Gasteiger partial charge in [0, 0.05) is 5.57 Å². The minimum Gasteiger partial charge on any atom is -0.166 e. The fourth-order valence-electron chi connectivity index (χ4n) is 1.81. The first-order valence-electron chi connectivity index (χ1n) is 5.44. The molecule has 2 atom stereocenters. The molecule has 0 N–H and O–H groups in total. The van der Waals surface area contributed by atoms with Crippen molar-refractivity contribution in [1.82, 2.24) is 0 Å². The van der Waals surface area contributed by atoms with Gasteiger partial charge < -0.3 is 0 Å². The third kappa shape index (κ3) is 3.11. The van der Waals surface area contributed by atoms with E-state index in [1.165, 1.54) is 6.92 Å². The van der Waals surface area contributed by atoms with Crippen LogP contribution in [0.25, 0.3) is 0 Å². The Morgan fingerprint density at radius 1 is 1.17 bits per heavy atom. The van der Waals surface area contributed by atoms with Gasteiger partial charge in [0.15, 0.2) is 0 Å². The maximum Gasteiger partial charge on any atom is 0.416 e. The Morgan fingerprint density at radius 3 is 2.00 bits per heavy atom. The highest BCUT2D eigenvalue weighted by Crippen LogP contribution is 2.48. The van der Waals surface area contributed by atoms with E-state index in [1.807, 2.05) is 0 Å². The van der Waals surface area contributed by atoms with E-state index in [0.717, 1.165) is 6.08 Å². The molecule has 0 aromatic carbocycles. The molecule has 18 heavy (non-hydrogen) atoms. The Bertz CT molecular complexity index is 387. The van der Waals surface area contributed by atoms with E-state index < -0.39 is 35.3 Å². The second-order valence-electron chi connectivity index (χ2n) is 5.10. The molecule has 0 heterocycles. The van der Waals surface area contributed by atoms with Gasteiger partial charge in [0.05, 0.1) is 5.57 Å². The first-order chi connectivity index (χ1) is 7.86. The molecule has 0 amide bonds. The lowest BCUT2D eigenvalue weighted by Crippen LogP contribution is -2.30. The molecular weight excluding hydrogens is 257 g/mol. The van der Waals surface area contributed by atoms with E-state index in [0.29, 0.717) is 0 Å². The molecule has 0 saturated heterocycles. The predicted octanol–water partition coefficient (Wildman–Crippen LogP) is 3.82. The molecule has 2 unspecified atom stereocenters. The van der Waals surface area contributed by atoms with Gasteiger partial charge in [-0.1, -0.05) is 25.7 Å². The van der Waals surface area contributed by atoms with Gasteiger partial charge >= 0.3 is 12.4 Å². The van der Waals surface area contributed by atoms with E-state index in [1.54, 1.807) is 14.8 Å². The van der Waals surface area contributed by atoms with Crippen LogP contribution in [0, 0.1) is 5.41 Å². The van der Waals surface area contributed by atoms with Crippen molar-refractivity contribution in [2.75, 3.05) is 0 Å². The Kier molecular flexibility index (Phi) is 3.67. The van der Waals surface area contributed by atoms with E-state index in [4.69, 9.17) is 0 Å². The Balaban J connectivity index is 3.30. The molecule has 0 radical (unpaired) electrons. The lowest BCUT2D eigenvalue weighted by Gasteiger charge is -2.36. The molecule has 0 aliphatic heterocycles. The fraction of sp³-hybridized carbons (Fsp3) is 0.636. The lowest BCUT2D eigenvalue weighted by molar-refractivity contribution is -0.102. The number of hydrogen-bond donors (Lipinski definition) is 0. The van der Waals surface area contributed by atoms with Gasteiger partial charge in [-0.05, 0) is 17.9 Å². The standard InChI is InChI=1S/C11H13BF6/c1-6(12)9(2)4-7(10(13,14)15)3-8(5-9)11(16,17)18/h3-4,6H,5,12H2,1-2H3. The van der Waals surface area contributed by atoms with Crippen LogP contribution in [0.1, 0.15) is 20.3 Å². The molecule has 0 aromatic heterocycles. The molecule has 0 nitrogen and oxygen atoms in total. The molecule has 7 heteroatoms. The van der Waals surface area contributed by atoms with Gasteiger partial charge in [-0.25, -0.2) is 0 Å². The highest BCUT2D eigenvalue weighted by atomic mass is 19.4. The summed E-state index contributed by atoms with van der Waals surface area (Å²) in [4.78, 5) is 0. The van der Waals surface area contributed by atoms with Crippen molar-refractivity contribution in [3.05, 3.63) is 23.3 Å². The summed E-state index contributed by atoms with van der Waals surface area (Å²) in [6, 6.07) is 0. The summed E-state index contributed by atoms with van der Waals surface area (Å²) in [6.45, 7) is 3.03. The van der Waals surface area contributed by atoms with Crippen LogP contribution in [0.3, 0.4) is 0 Å². The van der Waals surface area contributed by atoms with Crippen molar-refractivity contribution in [3.8, 4) is 0 Å². The Labute approximate surface area is 102 Å². The average molecular weight is 270 g/mol. The molecule has 102 valence electrons. The first kappa shape index (κ1) is 15.2. The zero-order valence-electron chi connectivity index (χ0n) is 10.2. The minimum atomic E-state index is -4.76. The Morgan fingerprint density at radius 2 is 1.67 bits per heavy atom. The van der Waals surface area contributed by atoms with Crippen molar-refractivity contribution >= 4 is 7.85 Å². The zero-order valence-corrected chi connectivity index (χ0v) is 10.2. The number of allylic oxidation sites excluding steroid dienone is 4. The third-order valence-corrected chi connectivity index (χ3v) is 3.40. The Hall–Kier alpha value is -0.875. The predicted molar refractivity (Wildman–Crippen MR) is 59.0 cm³/mol. The quantitative estimate of drug-likeness (QED) is 0.502. The van der Waals surface area contributed by atoms with E-state index >= 15 is 0 Å². The number of halogens is 6. The topological polar surface area (TPSA) is 0 Å². The smallest absolute Gasteiger partial charge is 0.166 e. The molecule has 0 saturated carbocycles. The van der Waals surface area contributed by atoms with Crippen molar-refractivity contribution in [3.63, 3.8) is 0 Å². The van der Waals surface area contributed by atoms with Crippen molar-refractivity contribution < 1.29 is 26.3 Å². The number of alkyl halides is 6. The second-order valence-corrected chi connectivity index (χ2v) is 5.10. The normalized spacial score (nSPS) is 27.6. The van der Waals surface area contributed by atoms with Crippen LogP contribution in [0.5, 0.6) is 0 Å². The van der Waals surface area contributed by atoms with Gasteiger partial charge in [0.2, 0.25) is 0 Å². The van der Waals surface area contributed by atoms with Crippen LogP contribution < -0.4 is 0 Å². The highest BCUT2D eigenvalue weighted by molar-refractivity contribution is 6.12. The van der Waals surface area contributed by atoms with Crippen LogP contribution in [0.2, 0.25) is 5.82 Å². The maximum atomic E-state index is 12.6. The van der Waals surface area contributed by atoms with Crippen LogP contribution in [-0.2, 0) is 0 Å². The monoisotopic (exact) mass is 270 g/mol. The van der Waals surface area contributed by atoms with Crippen molar-refractivity contribution in [2.24, 2.45) is 5.41 Å². The minimum absolute atomic E-state index is 0.212. The van der Waals surface area contributed by atoms with Gasteiger partial charge in [0.25, 0.3) is 0 Å². The fourth-order valence-corrected chi connectivity index (χ4v) is 1.81. The summed E-state index contributed by atoms with van der Waals surface area (Å²) in [6.07, 6.45) is -8.78. The van der Waals surface area contributed by atoms with Crippen LogP contribution in [-0.4, -0.2) is 20.2 Å². The van der Waals surface area contributed by atoms with Crippen LogP contribution >= 0.6 is 0 Å². The maximum absolute atomic E-state index is 12.6. The average Bonchev–Trinajstić information content (AvgIpc) is 2.13. The number of hydrogen-bond acceptors (Lipinski definition) is 0. The third-order valence-electron chi connectivity index (χ3n) is 3.40. The summed E-state index contributed by atoms with van der Waals surface area (Å²) in [5.74, 6) is -0.319. The lowest BCUT2D eigenvalue weighted by atomic mass is 9.62. The summed E-state index contributed by atoms with van der Waals surface area (Å²) in [7, 11) is 1.61. The van der Waals surface area contributed by atoms with Crippen LogP contribution in [0.4, 0.5) is 26.3 Å². The first-order valence-corrected chi connectivity index (χ1v) is 5.44. The second kappa shape index (κ2) is 4.35. The molecule has 1 aliphatic rings. The molecule has 0 aromatic rings. The molecule has 1 rings (SSSR count). The summed E-state index contributed by atoms with van der Waals surface area (Å²) < 4.78 is 75.8. The van der Waals surface area contributed by atoms with Crippen molar-refractivity contribution in [1.29, 1.82) is 0 Å². The summed E-state index contributed by atoms with van der Waals surface area (Å²) >= 11 is 0. The van der Waals surface area contributed by atoms with E-state index in [9.17, 15) is 26.3 Å². The van der Waals surface area contributed by atoms with Crippen LogP contribution in [0.15, 0.2) is 23.3 Å². The largest absolute Gasteiger partial charge is 0.416 e. The molecule has 0 spiro atoms. The zero-order chi connectivity index (χ0) is 14.4. The highest BCUT2D eigenvalue weighted by Gasteiger charge is 2.45. The molecule has 0 fully saturated rings. The SMILES string of the molecule is BC(C)C1(C)C=C(C(F)(F)F)C=C(C(F)(F)F)C1. The van der Waals surface area contributed by atoms with Gasteiger partial charge in [-0.15, -0.1) is 0 Å².